The highest BCUT2D eigenvalue weighted by molar-refractivity contribution is 5.95. The SMILES string of the molecule is CC(=O)c1ccc(NC(=O)CCC2CCCNC2)cc1. The molecule has 1 saturated heterocycles. The van der Waals surface area contributed by atoms with E-state index in [9.17, 15) is 9.59 Å². The van der Waals surface area contributed by atoms with Crippen LogP contribution < -0.4 is 10.6 Å². The molecule has 1 aromatic rings. The van der Waals surface area contributed by atoms with Gasteiger partial charge in [0.1, 0.15) is 0 Å². The van der Waals surface area contributed by atoms with Crippen LogP contribution in [0, 0.1) is 5.92 Å². The van der Waals surface area contributed by atoms with E-state index in [1.54, 1.807) is 24.3 Å². The molecule has 0 aromatic heterocycles. The molecule has 2 rings (SSSR count). The molecule has 108 valence electrons. The van der Waals surface area contributed by atoms with Crippen molar-refractivity contribution in [2.24, 2.45) is 5.92 Å². The van der Waals surface area contributed by atoms with E-state index in [2.05, 4.69) is 10.6 Å². The summed E-state index contributed by atoms with van der Waals surface area (Å²) in [5.41, 5.74) is 1.41. The van der Waals surface area contributed by atoms with E-state index in [1.807, 2.05) is 0 Å². The van der Waals surface area contributed by atoms with Crippen LogP contribution >= 0.6 is 0 Å². The van der Waals surface area contributed by atoms with Crippen LogP contribution in [0.25, 0.3) is 0 Å². The Morgan fingerprint density at radius 2 is 2.05 bits per heavy atom. The standard InChI is InChI=1S/C16H22N2O2/c1-12(19)14-5-7-15(8-6-14)18-16(20)9-4-13-3-2-10-17-11-13/h5-8,13,17H,2-4,9-11H2,1H3,(H,18,20). The Morgan fingerprint density at radius 1 is 1.30 bits per heavy atom. The second-order valence-corrected chi connectivity index (χ2v) is 5.43. The van der Waals surface area contributed by atoms with Gasteiger partial charge in [-0.25, -0.2) is 0 Å². The maximum absolute atomic E-state index is 11.9. The quantitative estimate of drug-likeness (QED) is 0.811. The van der Waals surface area contributed by atoms with Gasteiger partial charge in [0.05, 0.1) is 0 Å². The lowest BCUT2D eigenvalue weighted by atomic mass is 9.94. The molecule has 0 saturated carbocycles. The second kappa shape index (κ2) is 7.20. The monoisotopic (exact) mass is 274 g/mol. The number of ketones is 1. The van der Waals surface area contributed by atoms with E-state index < -0.39 is 0 Å². The van der Waals surface area contributed by atoms with Crippen molar-refractivity contribution in [3.05, 3.63) is 29.8 Å². The molecule has 0 bridgehead atoms. The van der Waals surface area contributed by atoms with Crippen molar-refractivity contribution in [1.29, 1.82) is 0 Å². The van der Waals surface area contributed by atoms with Crippen LogP contribution in [-0.2, 0) is 4.79 Å². The minimum atomic E-state index is 0.0349. The smallest absolute Gasteiger partial charge is 0.224 e. The Balaban J connectivity index is 1.77. The molecule has 1 aliphatic heterocycles. The molecular formula is C16H22N2O2. The lowest BCUT2D eigenvalue weighted by Crippen LogP contribution is -2.30. The van der Waals surface area contributed by atoms with Crippen molar-refractivity contribution in [2.75, 3.05) is 18.4 Å². The molecule has 0 spiro atoms. The van der Waals surface area contributed by atoms with Crippen LogP contribution in [-0.4, -0.2) is 24.8 Å². The van der Waals surface area contributed by atoms with Gasteiger partial charge < -0.3 is 10.6 Å². The minimum absolute atomic E-state index is 0.0349. The third-order valence-electron chi connectivity index (χ3n) is 3.75. The number of amides is 1. The van der Waals surface area contributed by atoms with Crippen LogP contribution in [0.5, 0.6) is 0 Å². The van der Waals surface area contributed by atoms with Crippen molar-refractivity contribution in [3.63, 3.8) is 0 Å². The van der Waals surface area contributed by atoms with E-state index in [1.165, 1.54) is 19.8 Å². The predicted octanol–water partition coefficient (Wildman–Crippen LogP) is 2.61. The van der Waals surface area contributed by atoms with Gasteiger partial charge >= 0.3 is 0 Å². The molecule has 1 heterocycles. The highest BCUT2D eigenvalue weighted by Gasteiger charge is 2.14. The van der Waals surface area contributed by atoms with Gasteiger partial charge in [0, 0.05) is 17.7 Å². The van der Waals surface area contributed by atoms with Crippen LogP contribution in [0.4, 0.5) is 5.69 Å². The Morgan fingerprint density at radius 3 is 2.65 bits per heavy atom. The number of Topliss-reactive ketones (excluding diaryl/α,β-unsaturated/α-hetero) is 1. The summed E-state index contributed by atoms with van der Waals surface area (Å²) in [7, 11) is 0. The van der Waals surface area contributed by atoms with Gasteiger partial charge in [0.2, 0.25) is 5.91 Å². The zero-order valence-corrected chi connectivity index (χ0v) is 11.9. The number of rotatable bonds is 5. The summed E-state index contributed by atoms with van der Waals surface area (Å²) in [4.78, 5) is 23.0. The number of piperidine rings is 1. The topological polar surface area (TPSA) is 58.2 Å². The molecule has 4 heteroatoms. The summed E-state index contributed by atoms with van der Waals surface area (Å²) in [5.74, 6) is 0.702. The largest absolute Gasteiger partial charge is 0.326 e. The molecule has 1 fully saturated rings. The van der Waals surface area contributed by atoms with Gasteiger partial charge in [-0.2, -0.15) is 0 Å². The molecule has 2 N–H and O–H groups in total. The number of carbonyl (C=O) groups excluding carboxylic acids is 2. The van der Waals surface area contributed by atoms with Crippen molar-refractivity contribution < 1.29 is 9.59 Å². The van der Waals surface area contributed by atoms with Gasteiger partial charge in [-0.1, -0.05) is 0 Å². The summed E-state index contributed by atoms with van der Waals surface area (Å²) >= 11 is 0. The average Bonchev–Trinajstić information content (AvgIpc) is 2.47. The fourth-order valence-electron chi connectivity index (χ4n) is 2.52. The van der Waals surface area contributed by atoms with Crippen molar-refractivity contribution in [1.82, 2.24) is 5.32 Å². The summed E-state index contributed by atoms with van der Waals surface area (Å²) in [6.45, 7) is 3.66. The molecule has 1 amide bonds. The normalized spacial score (nSPS) is 18.6. The number of benzene rings is 1. The Hall–Kier alpha value is -1.68. The Kier molecular flexibility index (Phi) is 5.30. The molecule has 1 atom stereocenters. The molecule has 0 radical (unpaired) electrons. The number of nitrogens with one attached hydrogen (secondary N) is 2. The third kappa shape index (κ3) is 4.46. The number of hydrogen-bond acceptors (Lipinski definition) is 3. The molecule has 1 aliphatic rings. The van der Waals surface area contributed by atoms with E-state index in [-0.39, 0.29) is 11.7 Å². The summed E-state index contributed by atoms with van der Waals surface area (Å²) in [6, 6.07) is 7.03. The first-order chi connectivity index (χ1) is 9.65. The molecule has 1 aromatic carbocycles. The third-order valence-corrected chi connectivity index (χ3v) is 3.75. The Labute approximate surface area is 119 Å². The second-order valence-electron chi connectivity index (χ2n) is 5.43. The molecule has 1 unspecified atom stereocenters. The van der Waals surface area contributed by atoms with Crippen LogP contribution in [0.3, 0.4) is 0 Å². The van der Waals surface area contributed by atoms with Crippen molar-refractivity contribution in [2.45, 2.75) is 32.6 Å². The first-order valence-corrected chi connectivity index (χ1v) is 7.27. The van der Waals surface area contributed by atoms with Crippen molar-refractivity contribution in [3.8, 4) is 0 Å². The lowest BCUT2D eigenvalue weighted by molar-refractivity contribution is -0.116. The summed E-state index contributed by atoms with van der Waals surface area (Å²) < 4.78 is 0. The summed E-state index contributed by atoms with van der Waals surface area (Å²) in [6.07, 6.45) is 3.91. The first-order valence-electron chi connectivity index (χ1n) is 7.27. The van der Waals surface area contributed by atoms with Gasteiger partial charge in [-0.15, -0.1) is 0 Å². The summed E-state index contributed by atoms with van der Waals surface area (Å²) in [5, 5.41) is 6.24. The fourth-order valence-corrected chi connectivity index (χ4v) is 2.52. The average molecular weight is 274 g/mol. The van der Waals surface area contributed by atoms with Crippen LogP contribution in [0.2, 0.25) is 0 Å². The number of hydrogen-bond donors (Lipinski definition) is 2. The first kappa shape index (κ1) is 14.7. The van der Waals surface area contributed by atoms with E-state index in [4.69, 9.17) is 0 Å². The maximum atomic E-state index is 11.9. The van der Waals surface area contributed by atoms with E-state index >= 15 is 0 Å². The fraction of sp³-hybridized carbons (Fsp3) is 0.500. The van der Waals surface area contributed by atoms with Gasteiger partial charge in [0.25, 0.3) is 0 Å². The minimum Gasteiger partial charge on any atom is -0.326 e. The Bertz CT molecular complexity index is 462. The van der Waals surface area contributed by atoms with Gasteiger partial charge in [-0.3, -0.25) is 9.59 Å². The number of carbonyl (C=O) groups is 2. The highest BCUT2D eigenvalue weighted by atomic mass is 16.1. The molecule has 4 nitrogen and oxygen atoms in total. The molecule has 0 aliphatic carbocycles. The lowest BCUT2D eigenvalue weighted by Gasteiger charge is -2.22. The van der Waals surface area contributed by atoms with Gasteiger partial charge in [0.15, 0.2) is 5.78 Å². The zero-order chi connectivity index (χ0) is 14.4. The predicted molar refractivity (Wildman–Crippen MR) is 79.9 cm³/mol. The van der Waals surface area contributed by atoms with Crippen LogP contribution in [0.15, 0.2) is 24.3 Å². The molecular weight excluding hydrogens is 252 g/mol. The van der Waals surface area contributed by atoms with Crippen LogP contribution in [0.1, 0.15) is 43.0 Å². The zero-order valence-electron chi connectivity index (χ0n) is 11.9. The van der Waals surface area contributed by atoms with E-state index in [0.717, 1.165) is 25.2 Å². The maximum Gasteiger partial charge on any atom is 0.224 e. The van der Waals surface area contributed by atoms with E-state index in [0.29, 0.717) is 17.9 Å². The number of anilines is 1. The van der Waals surface area contributed by atoms with Crippen molar-refractivity contribution >= 4 is 17.4 Å². The van der Waals surface area contributed by atoms with Gasteiger partial charge in [-0.05, 0) is 69.5 Å². The highest BCUT2D eigenvalue weighted by Crippen LogP contribution is 2.17. The molecule has 20 heavy (non-hydrogen) atoms.